The second kappa shape index (κ2) is 7.32. The van der Waals surface area contributed by atoms with Crippen LogP contribution in [0.15, 0.2) is 36.8 Å². The van der Waals surface area contributed by atoms with Crippen molar-refractivity contribution in [2.45, 2.75) is 26.7 Å². The molecule has 0 aromatic carbocycles. The van der Waals surface area contributed by atoms with Crippen molar-refractivity contribution in [1.82, 2.24) is 24.8 Å². The highest BCUT2D eigenvalue weighted by Crippen LogP contribution is 2.38. The summed E-state index contributed by atoms with van der Waals surface area (Å²) < 4.78 is 5.38. The first kappa shape index (κ1) is 18.9. The molecule has 0 saturated carbocycles. The summed E-state index contributed by atoms with van der Waals surface area (Å²) in [7, 11) is 0. The lowest BCUT2D eigenvalue weighted by molar-refractivity contribution is -0.136. The van der Waals surface area contributed by atoms with E-state index in [-0.39, 0.29) is 5.91 Å². The summed E-state index contributed by atoms with van der Waals surface area (Å²) in [6.45, 7) is 7.20. The van der Waals surface area contributed by atoms with Gasteiger partial charge in [0.1, 0.15) is 5.69 Å². The summed E-state index contributed by atoms with van der Waals surface area (Å²) in [6, 6.07) is 5.83. The van der Waals surface area contributed by atoms with Crippen LogP contribution in [0.25, 0.3) is 22.6 Å². The highest BCUT2D eigenvalue weighted by atomic mass is 16.5. The van der Waals surface area contributed by atoms with Gasteiger partial charge in [0.05, 0.1) is 24.5 Å². The maximum Gasteiger partial charge on any atom is 0.255 e. The van der Waals surface area contributed by atoms with Gasteiger partial charge in [0, 0.05) is 48.4 Å². The minimum Gasteiger partial charge on any atom is -0.380 e. The summed E-state index contributed by atoms with van der Waals surface area (Å²) >= 11 is 0. The van der Waals surface area contributed by atoms with Crippen molar-refractivity contribution < 1.29 is 9.53 Å². The van der Waals surface area contributed by atoms with Gasteiger partial charge >= 0.3 is 0 Å². The van der Waals surface area contributed by atoms with Gasteiger partial charge in [-0.1, -0.05) is 0 Å². The number of hydrogen-bond acceptors (Lipinski definition) is 5. The molecular formula is C23H25N5O2. The van der Waals surface area contributed by atoms with E-state index in [1.54, 1.807) is 18.6 Å². The molecule has 3 aromatic heterocycles. The van der Waals surface area contributed by atoms with E-state index in [0.717, 1.165) is 73.2 Å². The number of aromatic nitrogens is 4. The van der Waals surface area contributed by atoms with Gasteiger partial charge in [-0.15, -0.1) is 0 Å². The van der Waals surface area contributed by atoms with E-state index in [4.69, 9.17) is 4.74 Å². The third kappa shape index (κ3) is 3.39. The van der Waals surface area contributed by atoms with Crippen LogP contribution in [-0.4, -0.2) is 57.0 Å². The Hall–Kier alpha value is -3.06. The van der Waals surface area contributed by atoms with Crippen LogP contribution in [-0.2, 0) is 4.74 Å². The molecule has 5 heterocycles. The Balaban J connectivity index is 1.37. The second-order valence-corrected chi connectivity index (χ2v) is 8.47. The molecule has 0 aliphatic carbocycles. The van der Waals surface area contributed by atoms with Crippen LogP contribution in [0.1, 0.15) is 34.6 Å². The monoisotopic (exact) mass is 403 g/mol. The first-order valence-electron chi connectivity index (χ1n) is 10.4. The number of pyridine rings is 2. The molecule has 2 saturated heterocycles. The van der Waals surface area contributed by atoms with Crippen molar-refractivity contribution in [3.05, 3.63) is 53.7 Å². The topological polar surface area (TPSA) is 84.0 Å². The third-order valence-corrected chi connectivity index (χ3v) is 6.38. The number of imidazole rings is 1. The SMILES string of the molecule is Cc1nc(-c2cc(-c3cncc(C(=O)N4CCC5(CC4)COC5)c3)ccn2)[nH]c1C. The van der Waals surface area contributed by atoms with Crippen LogP contribution in [0.4, 0.5) is 0 Å². The molecule has 5 rings (SSSR count). The Kier molecular flexibility index (Phi) is 4.62. The lowest BCUT2D eigenvalue weighted by Crippen LogP contribution is -2.52. The molecule has 2 fully saturated rings. The van der Waals surface area contributed by atoms with E-state index >= 15 is 0 Å². The van der Waals surface area contributed by atoms with Crippen molar-refractivity contribution >= 4 is 5.91 Å². The van der Waals surface area contributed by atoms with Gasteiger partial charge in [-0.3, -0.25) is 14.8 Å². The molecule has 7 nitrogen and oxygen atoms in total. The maximum atomic E-state index is 13.1. The summed E-state index contributed by atoms with van der Waals surface area (Å²) in [5.74, 6) is 0.792. The number of carbonyl (C=O) groups is 1. The van der Waals surface area contributed by atoms with E-state index in [9.17, 15) is 4.79 Å². The standard InChI is InChI=1S/C23H25N5O2/c1-15-16(2)27-21(26-15)20-10-17(3-6-25-20)18-9-19(12-24-11-18)22(29)28-7-4-23(5-8-28)13-30-14-23/h3,6,9-12H,4-5,7-8,13-14H2,1-2H3,(H,26,27). The van der Waals surface area contributed by atoms with Gasteiger partial charge in [-0.25, -0.2) is 4.98 Å². The van der Waals surface area contributed by atoms with Crippen LogP contribution < -0.4 is 0 Å². The van der Waals surface area contributed by atoms with Gasteiger partial charge < -0.3 is 14.6 Å². The summed E-state index contributed by atoms with van der Waals surface area (Å²) in [4.78, 5) is 31.6. The zero-order valence-corrected chi connectivity index (χ0v) is 17.3. The van der Waals surface area contributed by atoms with Crippen molar-refractivity contribution in [2.75, 3.05) is 26.3 Å². The number of piperidine rings is 1. The summed E-state index contributed by atoms with van der Waals surface area (Å²) in [6.07, 6.45) is 7.23. The predicted octanol–water partition coefficient (Wildman–Crippen LogP) is 3.40. The highest BCUT2D eigenvalue weighted by molar-refractivity contribution is 5.95. The molecule has 0 bridgehead atoms. The number of likely N-dealkylation sites (tertiary alicyclic amines) is 1. The average Bonchev–Trinajstić information content (AvgIpc) is 3.11. The number of carbonyl (C=O) groups excluding carboxylic acids is 1. The van der Waals surface area contributed by atoms with Crippen LogP contribution in [0.5, 0.6) is 0 Å². The molecule has 2 aliphatic heterocycles. The largest absolute Gasteiger partial charge is 0.380 e. The Morgan fingerprint density at radius 3 is 2.60 bits per heavy atom. The third-order valence-electron chi connectivity index (χ3n) is 6.38. The lowest BCUT2D eigenvalue weighted by atomic mass is 9.77. The van der Waals surface area contributed by atoms with Crippen LogP contribution in [0, 0.1) is 19.3 Å². The fourth-order valence-corrected chi connectivity index (χ4v) is 4.17. The highest BCUT2D eigenvalue weighted by Gasteiger charge is 2.42. The molecule has 0 radical (unpaired) electrons. The van der Waals surface area contributed by atoms with Crippen molar-refractivity contribution in [2.24, 2.45) is 5.41 Å². The smallest absolute Gasteiger partial charge is 0.255 e. The molecule has 0 atom stereocenters. The normalized spacial score (nSPS) is 17.7. The van der Waals surface area contributed by atoms with Gasteiger partial charge in [0.15, 0.2) is 5.82 Å². The van der Waals surface area contributed by atoms with E-state index in [0.29, 0.717) is 11.0 Å². The molecular weight excluding hydrogens is 378 g/mol. The zero-order valence-electron chi connectivity index (χ0n) is 17.3. The quantitative estimate of drug-likeness (QED) is 0.725. The molecule has 7 heteroatoms. The van der Waals surface area contributed by atoms with Crippen molar-refractivity contribution in [3.8, 4) is 22.6 Å². The van der Waals surface area contributed by atoms with Gasteiger partial charge in [-0.2, -0.15) is 0 Å². The second-order valence-electron chi connectivity index (χ2n) is 8.47. The molecule has 154 valence electrons. The molecule has 0 unspecified atom stereocenters. The molecule has 30 heavy (non-hydrogen) atoms. The first-order chi connectivity index (χ1) is 14.5. The molecule has 1 spiro atoms. The average molecular weight is 403 g/mol. The zero-order chi connectivity index (χ0) is 20.7. The van der Waals surface area contributed by atoms with Crippen LogP contribution >= 0.6 is 0 Å². The predicted molar refractivity (Wildman–Crippen MR) is 113 cm³/mol. The Bertz CT molecular complexity index is 1070. The number of H-pyrrole nitrogens is 1. The van der Waals surface area contributed by atoms with E-state index in [2.05, 4.69) is 19.9 Å². The molecule has 3 aromatic rings. The maximum absolute atomic E-state index is 13.1. The van der Waals surface area contributed by atoms with Gasteiger partial charge in [0.2, 0.25) is 0 Å². The summed E-state index contributed by atoms with van der Waals surface area (Å²) in [5, 5.41) is 0. The number of aryl methyl sites for hydroxylation is 2. The fraction of sp³-hybridized carbons (Fsp3) is 0.391. The van der Waals surface area contributed by atoms with Crippen molar-refractivity contribution in [3.63, 3.8) is 0 Å². The van der Waals surface area contributed by atoms with Gasteiger partial charge in [-0.05, 0) is 50.5 Å². The minimum atomic E-state index is 0.0472. The van der Waals surface area contributed by atoms with E-state index < -0.39 is 0 Å². The van der Waals surface area contributed by atoms with Crippen LogP contribution in [0.2, 0.25) is 0 Å². The Morgan fingerprint density at radius 2 is 1.93 bits per heavy atom. The molecule has 1 N–H and O–H groups in total. The number of hydrogen-bond donors (Lipinski definition) is 1. The van der Waals surface area contributed by atoms with Crippen molar-refractivity contribution in [1.29, 1.82) is 0 Å². The fourth-order valence-electron chi connectivity index (χ4n) is 4.17. The van der Waals surface area contributed by atoms with Gasteiger partial charge in [0.25, 0.3) is 5.91 Å². The lowest BCUT2D eigenvalue weighted by Gasteiger charge is -2.47. The number of nitrogens with zero attached hydrogens (tertiary/aromatic N) is 4. The number of rotatable bonds is 3. The number of nitrogens with one attached hydrogen (secondary N) is 1. The molecule has 1 amide bonds. The first-order valence-corrected chi connectivity index (χ1v) is 10.4. The number of amides is 1. The summed E-state index contributed by atoms with van der Waals surface area (Å²) in [5.41, 5.74) is 5.54. The number of aromatic amines is 1. The van der Waals surface area contributed by atoms with E-state index in [1.807, 2.05) is 36.9 Å². The Labute approximate surface area is 175 Å². The van der Waals surface area contributed by atoms with Crippen LogP contribution in [0.3, 0.4) is 0 Å². The minimum absolute atomic E-state index is 0.0472. The number of ether oxygens (including phenoxy) is 1. The Morgan fingerprint density at radius 1 is 1.13 bits per heavy atom. The van der Waals surface area contributed by atoms with E-state index in [1.165, 1.54) is 0 Å². The molecule has 2 aliphatic rings.